The minimum atomic E-state index is 0.572. The number of rotatable bonds is 2. The summed E-state index contributed by atoms with van der Waals surface area (Å²) in [5.41, 5.74) is 6.30. The van der Waals surface area contributed by atoms with Crippen LogP contribution in [0, 0.1) is 13.8 Å². The fourth-order valence-electron chi connectivity index (χ4n) is 3.25. The van der Waals surface area contributed by atoms with E-state index in [0.29, 0.717) is 16.8 Å². The van der Waals surface area contributed by atoms with Gasteiger partial charge in [-0.05, 0) is 51.0 Å². The van der Waals surface area contributed by atoms with Crippen LogP contribution in [-0.2, 0) is 0 Å². The van der Waals surface area contributed by atoms with Crippen molar-refractivity contribution in [3.05, 3.63) is 52.3 Å². The first-order valence-corrected chi connectivity index (χ1v) is 8.78. The highest BCUT2D eigenvalue weighted by Crippen LogP contribution is 2.39. The van der Waals surface area contributed by atoms with E-state index in [2.05, 4.69) is 21.2 Å². The number of hydrogen-bond donors (Lipinski definition) is 0. The van der Waals surface area contributed by atoms with Gasteiger partial charge in [-0.25, -0.2) is 9.97 Å². The third-order valence-electron chi connectivity index (χ3n) is 4.72. The van der Waals surface area contributed by atoms with Crippen molar-refractivity contribution in [3.8, 4) is 11.4 Å². The summed E-state index contributed by atoms with van der Waals surface area (Å²) >= 11 is 6.45. The molecule has 4 aromatic rings. The van der Waals surface area contributed by atoms with Gasteiger partial charge >= 0.3 is 0 Å². The molecule has 6 heteroatoms. The normalized spacial score (nSPS) is 14.5. The van der Waals surface area contributed by atoms with E-state index in [0.717, 1.165) is 39.3 Å². The van der Waals surface area contributed by atoms with E-state index < -0.39 is 0 Å². The van der Waals surface area contributed by atoms with Crippen LogP contribution >= 0.6 is 11.6 Å². The van der Waals surface area contributed by atoms with Crippen LogP contribution in [0.1, 0.15) is 35.7 Å². The molecule has 0 N–H and O–H groups in total. The van der Waals surface area contributed by atoms with Crippen LogP contribution in [0.15, 0.2) is 30.3 Å². The summed E-state index contributed by atoms with van der Waals surface area (Å²) in [4.78, 5) is 9.55. The van der Waals surface area contributed by atoms with E-state index in [1.54, 1.807) is 0 Å². The van der Waals surface area contributed by atoms with Gasteiger partial charge in [-0.2, -0.15) is 0 Å². The molecule has 0 unspecified atom stereocenters. The quantitative estimate of drug-likeness (QED) is 0.535. The molecule has 0 aliphatic heterocycles. The zero-order chi connectivity index (χ0) is 17.1. The molecule has 0 saturated heterocycles. The number of fused-ring (bicyclic) bond motifs is 3. The van der Waals surface area contributed by atoms with E-state index in [1.165, 1.54) is 12.8 Å². The van der Waals surface area contributed by atoms with E-state index in [4.69, 9.17) is 16.6 Å². The molecule has 0 atom stereocenters. The molecule has 0 spiro atoms. The van der Waals surface area contributed by atoms with E-state index >= 15 is 0 Å². The second-order valence-corrected chi connectivity index (χ2v) is 7.12. The average molecular weight is 350 g/mol. The van der Waals surface area contributed by atoms with Gasteiger partial charge in [0.25, 0.3) is 0 Å². The first-order valence-electron chi connectivity index (χ1n) is 8.41. The molecule has 5 nitrogen and oxygen atoms in total. The van der Waals surface area contributed by atoms with Gasteiger partial charge < -0.3 is 0 Å². The molecule has 3 heterocycles. The first-order chi connectivity index (χ1) is 12.1. The summed E-state index contributed by atoms with van der Waals surface area (Å²) in [7, 11) is 0. The van der Waals surface area contributed by atoms with Gasteiger partial charge in [0.05, 0.1) is 10.7 Å². The van der Waals surface area contributed by atoms with E-state index in [-0.39, 0.29) is 0 Å². The van der Waals surface area contributed by atoms with E-state index in [9.17, 15) is 0 Å². The van der Waals surface area contributed by atoms with Gasteiger partial charge in [-0.3, -0.25) is 4.40 Å². The fraction of sp³-hybridized carbons (Fsp3) is 0.263. The van der Waals surface area contributed by atoms with Gasteiger partial charge in [0, 0.05) is 17.2 Å². The minimum absolute atomic E-state index is 0.572. The second-order valence-electron chi connectivity index (χ2n) is 6.72. The molecule has 1 aromatic carbocycles. The highest BCUT2D eigenvalue weighted by molar-refractivity contribution is 6.33. The van der Waals surface area contributed by atoms with Crippen molar-refractivity contribution in [1.29, 1.82) is 0 Å². The molecular formula is C19H16ClN5. The minimum Gasteiger partial charge on any atom is -0.255 e. The standard InChI is InChI=1S/C19H16ClN5/c1-10-3-6-14(20)13(9-10)18-24-23-17-11(2)21-16-8-7-15(12-4-5-12)22-19(16)25(17)18/h3,6-9,12H,4-5H2,1-2H3. The lowest BCUT2D eigenvalue weighted by molar-refractivity contribution is 1.01. The van der Waals surface area contributed by atoms with Crippen LogP contribution in [0.2, 0.25) is 5.02 Å². The Balaban J connectivity index is 1.89. The van der Waals surface area contributed by atoms with Crippen LogP contribution in [-0.4, -0.2) is 24.6 Å². The van der Waals surface area contributed by atoms with Crippen LogP contribution in [0.3, 0.4) is 0 Å². The Hall–Kier alpha value is -2.53. The number of hydrogen-bond acceptors (Lipinski definition) is 4. The van der Waals surface area contributed by atoms with E-state index in [1.807, 2.05) is 42.5 Å². The number of aromatic nitrogens is 5. The van der Waals surface area contributed by atoms with Crippen LogP contribution in [0.4, 0.5) is 0 Å². The Morgan fingerprint density at radius 3 is 2.64 bits per heavy atom. The zero-order valence-electron chi connectivity index (χ0n) is 14.0. The van der Waals surface area contributed by atoms with Gasteiger partial charge in [-0.15, -0.1) is 10.2 Å². The largest absolute Gasteiger partial charge is 0.255 e. The van der Waals surface area contributed by atoms with Crippen molar-refractivity contribution in [2.45, 2.75) is 32.6 Å². The Labute approximate surface area is 149 Å². The topological polar surface area (TPSA) is 56.0 Å². The summed E-state index contributed by atoms with van der Waals surface area (Å²) in [5.74, 6) is 1.28. The summed E-state index contributed by atoms with van der Waals surface area (Å²) in [5, 5.41) is 9.43. The van der Waals surface area contributed by atoms with Gasteiger partial charge in [-0.1, -0.05) is 23.2 Å². The summed E-state index contributed by atoms with van der Waals surface area (Å²) in [6.45, 7) is 3.98. The predicted molar refractivity (Wildman–Crippen MR) is 98.0 cm³/mol. The smallest absolute Gasteiger partial charge is 0.184 e. The van der Waals surface area contributed by atoms with Crippen molar-refractivity contribution in [3.63, 3.8) is 0 Å². The Morgan fingerprint density at radius 2 is 1.84 bits per heavy atom. The van der Waals surface area contributed by atoms with Crippen molar-refractivity contribution >= 4 is 28.4 Å². The molecule has 1 fully saturated rings. The SMILES string of the molecule is Cc1ccc(Cl)c(-c2nnc3c(C)nc4ccc(C5CC5)nc4n23)c1. The highest BCUT2D eigenvalue weighted by atomic mass is 35.5. The first kappa shape index (κ1) is 14.8. The monoisotopic (exact) mass is 349 g/mol. The third kappa shape index (κ3) is 2.30. The lowest BCUT2D eigenvalue weighted by Gasteiger charge is -2.09. The lowest BCUT2D eigenvalue weighted by atomic mass is 10.1. The summed E-state index contributed by atoms with van der Waals surface area (Å²) < 4.78 is 1.99. The number of nitrogens with zero attached hydrogens (tertiary/aromatic N) is 5. The molecule has 5 rings (SSSR count). The maximum Gasteiger partial charge on any atom is 0.184 e. The molecule has 1 saturated carbocycles. The van der Waals surface area contributed by atoms with Crippen LogP contribution in [0.25, 0.3) is 28.2 Å². The van der Waals surface area contributed by atoms with Gasteiger partial charge in [0.1, 0.15) is 5.52 Å². The Bertz CT molecular complexity index is 1140. The second kappa shape index (κ2) is 5.23. The summed E-state index contributed by atoms with van der Waals surface area (Å²) in [6, 6.07) is 10.0. The van der Waals surface area contributed by atoms with Crippen molar-refractivity contribution in [2.75, 3.05) is 0 Å². The molecule has 1 aliphatic rings. The highest BCUT2D eigenvalue weighted by Gasteiger charge is 2.26. The Kier molecular flexibility index (Phi) is 3.09. The predicted octanol–water partition coefficient (Wildman–Crippen LogP) is 4.49. The van der Waals surface area contributed by atoms with Crippen LogP contribution in [0.5, 0.6) is 0 Å². The molecule has 124 valence electrons. The third-order valence-corrected chi connectivity index (χ3v) is 5.05. The molecule has 0 amide bonds. The Morgan fingerprint density at radius 1 is 1.00 bits per heavy atom. The van der Waals surface area contributed by atoms with Crippen molar-refractivity contribution in [1.82, 2.24) is 24.6 Å². The number of pyridine rings is 1. The number of aryl methyl sites for hydroxylation is 2. The fourth-order valence-corrected chi connectivity index (χ4v) is 3.45. The molecule has 0 radical (unpaired) electrons. The number of benzene rings is 1. The molecule has 3 aromatic heterocycles. The zero-order valence-corrected chi connectivity index (χ0v) is 14.7. The van der Waals surface area contributed by atoms with Crippen LogP contribution < -0.4 is 0 Å². The van der Waals surface area contributed by atoms with Crippen molar-refractivity contribution < 1.29 is 0 Å². The number of halogens is 1. The van der Waals surface area contributed by atoms with Gasteiger partial charge in [0.15, 0.2) is 17.1 Å². The molecule has 25 heavy (non-hydrogen) atoms. The molecule has 0 bridgehead atoms. The average Bonchev–Trinajstić information content (AvgIpc) is 3.35. The summed E-state index contributed by atoms with van der Waals surface area (Å²) in [6.07, 6.45) is 2.42. The van der Waals surface area contributed by atoms with Crippen molar-refractivity contribution in [2.24, 2.45) is 0 Å². The van der Waals surface area contributed by atoms with Gasteiger partial charge in [0.2, 0.25) is 0 Å². The molecular weight excluding hydrogens is 334 g/mol. The maximum atomic E-state index is 6.45. The maximum absolute atomic E-state index is 6.45. The molecule has 1 aliphatic carbocycles. The lowest BCUT2D eigenvalue weighted by Crippen LogP contribution is -2.01.